The van der Waals surface area contributed by atoms with Crippen molar-refractivity contribution in [2.75, 3.05) is 17.4 Å². The van der Waals surface area contributed by atoms with Crippen LogP contribution in [0.15, 0.2) is 77.7 Å². The highest BCUT2D eigenvalue weighted by Gasteiger charge is 2.28. The largest absolute Gasteiger partial charge is 0.355 e. The first-order valence-electron chi connectivity index (χ1n) is 10.1. The molecule has 5 nitrogen and oxygen atoms in total. The summed E-state index contributed by atoms with van der Waals surface area (Å²) >= 11 is 6.22. The molecule has 0 aliphatic rings. The van der Waals surface area contributed by atoms with Crippen molar-refractivity contribution in [3.63, 3.8) is 0 Å². The number of nitrogens with zero attached hydrogens (tertiary/aromatic N) is 1. The highest BCUT2D eigenvalue weighted by molar-refractivity contribution is 7.92. The number of hydrogen-bond donors (Lipinski definition) is 1. The molecule has 0 saturated heterocycles. The lowest BCUT2D eigenvalue weighted by Crippen LogP contribution is -2.41. The van der Waals surface area contributed by atoms with Crippen LogP contribution in [0.2, 0.25) is 5.02 Å². The van der Waals surface area contributed by atoms with E-state index in [0.29, 0.717) is 35.7 Å². The van der Waals surface area contributed by atoms with E-state index in [1.165, 1.54) is 24.3 Å². The number of anilines is 1. The van der Waals surface area contributed by atoms with Crippen molar-refractivity contribution < 1.29 is 17.6 Å². The van der Waals surface area contributed by atoms with E-state index < -0.39 is 15.9 Å². The first-order chi connectivity index (χ1) is 15.3. The van der Waals surface area contributed by atoms with E-state index in [-0.39, 0.29) is 17.3 Å². The van der Waals surface area contributed by atoms with E-state index >= 15 is 0 Å². The Morgan fingerprint density at radius 1 is 1.00 bits per heavy atom. The van der Waals surface area contributed by atoms with Crippen molar-refractivity contribution in [3.8, 4) is 0 Å². The molecule has 0 aromatic heterocycles. The molecule has 0 radical (unpaired) electrons. The third-order valence-electron chi connectivity index (χ3n) is 5.00. The number of carbonyl (C=O) groups excluding carboxylic acids is 1. The van der Waals surface area contributed by atoms with Crippen LogP contribution in [0.1, 0.15) is 17.5 Å². The molecule has 3 rings (SSSR count). The van der Waals surface area contributed by atoms with Gasteiger partial charge in [-0.3, -0.25) is 9.10 Å². The summed E-state index contributed by atoms with van der Waals surface area (Å²) in [7, 11) is -3.99. The second kappa shape index (κ2) is 10.6. The minimum Gasteiger partial charge on any atom is -0.355 e. The Kier molecular flexibility index (Phi) is 7.88. The van der Waals surface area contributed by atoms with Crippen molar-refractivity contribution >= 4 is 33.2 Å². The molecule has 0 aliphatic carbocycles. The number of sulfonamides is 1. The highest BCUT2D eigenvalue weighted by atomic mass is 35.5. The summed E-state index contributed by atoms with van der Waals surface area (Å²) < 4.78 is 40.8. The number of rotatable bonds is 9. The van der Waals surface area contributed by atoms with E-state index in [1.807, 2.05) is 0 Å². The van der Waals surface area contributed by atoms with E-state index in [1.54, 1.807) is 55.5 Å². The average Bonchev–Trinajstić information content (AvgIpc) is 2.79. The number of nitrogens with one attached hydrogen (secondary N) is 1. The number of carbonyl (C=O) groups is 1. The van der Waals surface area contributed by atoms with E-state index in [2.05, 4.69) is 5.32 Å². The molecule has 8 heteroatoms. The van der Waals surface area contributed by atoms with Crippen LogP contribution in [-0.2, 0) is 21.2 Å². The van der Waals surface area contributed by atoms with Crippen molar-refractivity contribution in [1.29, 1.82) is 0 Å². The fraction of sp³-hybridized carbons (Fsp3) is 0.208. The standard InChI is InChI=1S/C24H24ClFN2O3S/c1-18-22(25)10-5-11-23(18)28(32(30,31)21-8-3-2-4-9-21)17-24(29)27-16-6-7-19-12-14-20(26)15-13-19/h2-5,8-15H,6-7,16-17H2,1H3,(H,27,29). The van der Waals surface area contributed by atoms with Crippen molar-refractivity contribution in [1.82, 2.24) is 5.32 Å². The molecule has 3 aromatic rings. The summed E-state index contributed by atoms with van der Waals surface area (Å²) in [5, 5.41) is 3.18. The van der Waals surface area contributed by atoms with Gasteiger partial charge in [-0.25, -0.2) is 12.8 Å². The summed E-state index contributed by atoms with van der Waals surface area (Å²) in [6.07, 6.45) is 1.30. The summed E-state index contributed by atoms with van der Waals surface area (Å²) in [4.78, 5) is 12.7. The van der Waals surface area contributed by atoms with Gasteiger partial charge >= 0.3 is 0 Å². The van der Waals surface area contributed by atoms with Gasteiger partial charge in [-0.15, -0.1) is 0 Å². The minimum absolute atomic E-state index is 0.0866. The minimum atomic E-state index is -3.99. The van der Waals surface area contributed by atoms with Crippen molar-refractivity contribution in [3.05, 3.63) is 94.8 Å². The van der Waals surface area contributed by atoms with Gasteiger partial charge in [0.05, 0.1) is 10.6 Å². The quantitative estimate of drug-likeness (QED) is 0.456. The molecule has 1 amide bonds. The van der Waals surface area contributed by atoms with Gasteiger partial charge in [-0.2, -0.15) is 0 Å². The van der Waals surface area contributed by atoms with E-state index in [0.717, 1.165) is 9.87 Å². The molecule has 0 spiro atoms. The SMILES string of the molecule is Cc1c(Cl)cccc1N(CC(=O)NCCCc1ccc(F)cc1)S(=O)(=O)c1ccccc1. The van der Waals surface area contributed by atoms with Gasteiger partial charge in [0.1, 0.15) is 12.4 Å². The van der Waals surface area contributed by atoms with Crippen LogP contribution in [0.3, 0.4) is 0 Å². The van der Waals surface area contributed by atoms with Gasteiger partial charge in [0.15, 0.2) is 0 Å². The number of hydrogen-bond acceptors (Lipinski definition) is 3. The van der Waals surface area contributed by atoms with Gasteiger partial charge in [-0.05, 0) is 67.3 Å². The maximum absolute atomic E-state index is 13.3. The molecule has 3 aromatic carbocycles. The van der Waals surface area contributed by atoms with Crippen LogP contribution in [0.4, 0.5) is 10.1 Å². The third kappa shape index (κ3) is 5.87. The third-order valence-corrected chi connectivity index (χ3v) is 7.19. The zero-order valence-corrected chi connectivity index (χ0v) is 19.2. The van der Waals surface area contributed by atoms with Crippen molar-refractivity contribution in [2.45, 2.75) is 24.7 Å². The Bertz CT molecular complexity index is 1170. The zero-order chi connectivity index (χ0) is 23.1. The summed E-state index contributed by atoms with van der Waals surface area (Å²) in [5.74, 6) is -0.721. The predicted octanol–water partition coefficient (Wildman–Crippen LogP) is 4.73. The number of benzene rings is 3. The smallest absolute Gasteiger partial charge is 0.264 e. The normalized spacial score (nSPS) is 11.2. The molecule has 0 aliphatic heterocycles. The number of amides is 1. The maximum Gasteiger partial charge on any atom is 0.264 e. The van der Waals surface area contributed by atoms with E-state index in [4.69, 9.17) is 11.6 Å². The van der Waals surface area contributed by atoms with Crippen molar-refractivity contribution in [2.24, 2.45) is 0 Å². The Labute approximate surface area is 192 Å². The molecule has 0 saturated carbocycles. The molecule has 168 valence electrons. The Morgan fingerprint density at radius 2 is 1.69 bits per heavy atom. The lowest BCUT2D eigenvalue weighted by Gasteiger charge is -2.26. The second-order valence-corrected chi connectivity index (χ2v) is 9.56. The fourth-order valence-corrected chi connectivity index (χ4v) is 4.91. The molecular formula is C24H24ClFN2O3S. The molecular weight excluding hydrogens is 451 g/mol. The molecule has 0 fully saturated rings. The average molecular weight is 475 g/mol. The molecule has 32 heavy (non-hydrogen) atoms. The summed E-state index contributed by atoms with van der Waals surface area (Å²) in [6.45, 7) is 1.70. The Morgan fingerprint density at radius 3 is 2.38 bits per heavy atom. The van der Waals surface area contributed by atoms with Crippen LogP contribution in [-0.4, -0.2) is 27.4 Å². The first kappa shape index (κ1) is 23.8. The van der Waals surface area contributed by atoms with Gasteiger partial charge < -0.3 is 5.32 Å². The molecule has 0 bridgehead atoms. The van der Waals surface area contributed by atoms with Crippen LogP contribution in [0.25, 0.3) is 0 Å². The fourth-order valence-electron chi connectivity index (χ4n) is 3.24. The Hall–Kier alpha value is -2.90. The summed E-state index contributed by atoms with van der Waals surface area (Å²) in [6, 6.07) is 19.1. The number of aryl methyl sites for hydroxylation is 1. The topological polar surface area (TPSA) is 66.5 Å². The van der Waals surface area contributed by atoms with Gasteiger partial charge in [0, 0.05) is 11.6 Å². The number of halogens is 2. The zero-order valence-electron chi connectivity index (χ0n) is 17.6. The maximum atomic E-state index is 13.3. The lowest BCUT2D eigenvalue weighted by atomic mass is 10.1. The lowest BCUT2D eigenvalue weighted by molar-refractivity contribution is -0.119. The molecule has 0 unspecified atom stereocenters. The highest BCUT2D eigenvalue weighted by Crippen LogP contribution is 2.30. The van der Waals surface area contributed by atoms with Gasteiger partial charge in [0.25, 0.3) is 10.0 Å². The van der Waals surface area contributed by atoms with Crippen LogP contribution in [0.5, 0.6) is 0 Å². The Balaban J connectivity index is 1.73. The summed E-state index contributed by atoms with van der Waals surface area (Å²) in [5.41, 5.74) is 1.88. The van der Waals surface area contributed by atoms with Crippen LogP contribution in [0, 0.1) is 12.7 Å². The van der Waals surface area contributed by atoms with Gasteiger partial charge in [-0.1, -0.05) is 48.0 Å². The van der Waals surface area contributed by atoms with Crippen LogP contribution >= 0.6 is 11.6 Å². The van der Waals surface area contributed by atoms with Crippen LogP contribution < -0.4 is 9.62 Å². The second-order valence-electron chi connectivity index (χ2n) is 7.29. The van der Waals surface area contributed by atoms with Gasteiger partial charge in [0.2, 0.25) is 5.91 Å². The monoisotopic (exact) mass is 474 g/mol. The molecule has 1 N–H and O–H groups in total. The predicted molar refractivity (Wildman–Crippen MR) is 125 cm³/mol. The molecule has 0 heterocycles. The first-order valence-corrected chi connectivity index (χ1v) is 11.9. The van der Waals surface area contributed by atoms with E-state index in [9.17, 15) is 17.6 Å². The molecule has 0 atom stereocenters.